The van der Waals surface area contributed by atoms with E-state index in [9.17, 15) is 5.11 Å². The lowest BCUT2D eigenvalue weighted by atomic mass is 9.83. The first-order valence-electron chi connectivity index (χ1n) is 5.67. The molecule has 1 aromatic rings. The minimum Gasteiger partial charge on any atom is -0.393 e. The van der Waals surface area contributed by atoms with Crippen LogP contribution in [0.5, 0.6) is 0 Å². The second kappa shape index (κ2) is 5.13. The number of hydrogen-bond acceptors (Lipinski definition) is 1. The van der Waals surface area contributed by atoms with Crippen molar-refractivity contribution in [2.75, 3.05) is 0 Å². The SMILES string of the molecule is OC1CCC(Cc2ccccc2Br)CC1. The third kappa shape index (κ3) is 3.05. The standard InChI is InChI=1S/C13H17BrO/c14-13-4-2-1-3-11(13)9-10-5-7-12(15)8-6-10/h1-4,10,12,15H,5-9H2. The molecule has 1 aliphatic carbocycles. The fraction of sp³-hybridized carbons (Fsp3) is 0.538. The number of benzene rings is 1. The molecule has 1 aromatic carbocycles. The number of aliphatic hydroxyl groups excluding tert-OH is 1. The molecule has 2 rings (SSSR count). The highest BCUT2D eigenvalue weighted by Gasteiger charge is 2.19. The van der Waals surface area contributed by atoms with Crippen molar-refractivity contribution in [3.63, 3.8) is 0 Å². The van der Waals surface area contributed by atoms with Crippen LogP contribution < -0.4 is 0 Å². The van der Waals surface area contributed by atoms with Crippen LogP contribution in [0.25, 0.3) is 0 Å². The second-order valence-corrected chi connectivity index (χ2v) is 5.32. The van der Waals surface area contributed by atoms with Gasteiger partial charge in [0.2, 0.25) is 0 Å². The predicted molar refractivity (Wildman–Crippen MR) is 65.8 cm³/mol. The highest BCUT2D eigenvalue weighted by Crippen LogP contribution is 2.29. The van der Waals surface area contributed by atoms with Gasteiger partial charge in [-0.3, -0.25) is 0 Å². The Morgan fingerprint density at radius 1 is 1.13 bits per heavy atom. The Labute approximate surface area is 99.6 Å². The molecule has 1 saturated carbocycles. The van der Waals surface area contributed by atoms with Gasteiger partial charge >= 0.3 is 0 Å². The molecular weight excluding hydrogens is 252 g/mol. The van der Waals surface area contributed by atoms with Crippen LogP contribution in [0, 0.1) is 5.92 Å². The van der Waals surface area contributed by atoms with Crippen molar-refractivity contribution >= 4 is 15.9 Å². The van der Waals surface area contributed by atoms with Crippen molar-refractivity contribution in [2.24, 2.45) is 5.92 Å². The van der Waals surface area contributed by atoms with E-state index in [0.717, 1.165) is 25.2 Å². The zero-order valence-electron chi connectivity index (χ0n) is 8.82. The van der Waals surface area contributed by atoms with Crippen LogP contribution in [-0.4, -0.2) is 11.2 Å². The van der Waals surface area contributed by atoms with Gasteiger partial charge in [-0.15, -0.1) is 0 Å². The molecule has 1 N–H and O–H groups in total. The number of aliphatic hydroxyl groups is 1. The summed E-state index contributed by atoms with van der Waals surface area (Å²) in [5.41, 5.74) is 1.40. The Morgan fingerprint density at radius 2 is 1.80 bits per heavy atom. The quantitative estimate of drug-likeness (QED) is 0.870. The molecule has 82 valence electrons. The average Bonchev–Trinajstić information content (AvgIpc) is 2.25. The number of halogens is 1. The first-order chi connectivity index (χ1) is 7.25. The lowest BCUT2D eigenvalue weighted by Gasteiger charge is -2.25. The molecule has 0 atom stereocenters. The van der Waals surface area contributed by atoms with Crippen LogP contribution in [0.2, 0.25) is 0 Å². The van der Waals surface area contributed by atoms with Crippen LogP contribution >= 0.6 is 15.9 Å². The van der Waals surface area contributed by atoms with E-state index in [2.05, 4.69) is 40.2 Å². The summed E-state index contributed by atoms with van der Waals surface area (Å²) in [6, 6.07) is 8.44. The molecule has 1 nitrogen and oxygen atoms in total. The minimum atomic E-state index is -0.0412. The van der Waals surface area contributed by atoms with Gasteiger partial charge in [-0.1, -0.05) is 34.1 Å². The van der Waals surface area contributed by atoms with Gasteiger partial charge in [0.05, 0.1) is 6.10 Å². The zero-order chi connectivity index (χ0) is 10.7. The van der Waals surface area contributed by atoms with Gasteiger partial charge in [0.1, 0.15) is 0 Å². The maximum Gasteiger partial charge on any atom is 0.0540 e. The summed E-state index contributed by atoms with van der Waals surface area (Å²) < 4.78 is 1.22. The zero-order valence-corrected chi connectivity index (χ0v) is 10.4. The highest BCUT2D eigenvalue weighted by molar-refractivity contribution is 9.10. The van der Waals surface area contributed by atoms with E-state index < -0.39 is 0 Å². The molecule has 0 bridgehead atoms. The highest BCUT2D eigenvalue weighted by atomic mass is 79.9. The van der Waals surface area contributed by atoms with Gasteiger partial charge in [0.15, 0.2) is 0 Å². The Bertz CT molecular complexity index is 316. The maximum atomic E-state index is 9.44. The Kier molecular flexibility index (Phi) is 3.81. The van der Waals surface area contributed by atoms with E-state index in [0.29, 0.717) is 0 Å². The Morgan fingerprint density at radius 3 is 2.47 bits per heavy atom. The van der Waals surface area contributed by atoms with Gasteiger partial charge < -0.3 is 5.11 Å². The smallest absolute Gasteiger partial charge is 0.0540 e. The molecule has 0 aliphatic heterocycles. The number of hydrogen-bond donors (Lipinski definition) is 1. The summed E-state index contributed by atoms with van der Waals surface area (Å²) in [6.07, 6.45) is 5.41. The molecule has 0 spiro atoms. The van der Waals surface area contributed by atoms with Crippen LogP contribution in [0.1, 0.15) is 31.2 Å². The summed E-state index contributed by atoms with van der Waals surface area (Å²) in [5.74, 6) is 0.757. The van der Waals surface area contributed by atoms with Crippen LogP contribution in [0.3, 0.4) is 0 Å². The Hall–Kier alpha value is -0.340. The van der Waals surface area contributed by atoms with E-state index in [1.165, 1.54) is 22.9 Å². The molecular formula is C13H17BrO. The largest absolute Gasteiger partial charge is 0.393 e. The summed E-state index contributed by atoms with van der Waals surface area (Å²) in [7, 11) is 0. The summed E-state index contributed by atoms with van der Waals surface area (Å²) >= 11 is 3.59. The molecule has 15 heavy (non-hydrogen) atoms. The molecule has 0 saturated heterocycles. The molecule has 1 fully saturated rings. The lowest BCUT2D eigenvalue weighted by Crippen LogP contribution is -2.19. The predicted octanol–water partition coefficient (Wildman–Crippen LogP) is 3.54. The summed E-state index contributed by atoms with van der Waals surface area (Å²) in [4.78, 5) is 0. The first kappa shape index (κ1) is 11.2. The third-order valence-corrected chi connectivity index (χ3v) is 4.06. The van der Waals surface area contributed by atoms with Gasteiger partial charge in [-0.25, -0.2) is 0 Å². The van der Waals surface area contributed by atoms with E-state index >= 15 is 0 Å². The van der Waals surface area contributed by atoms with Crippen molar-refractivity contribution in [1.82, 2.24) is 0 Å². The van der Waals surface area contributed by atoms with Crippen molar-refractivity contribution in [2.45, 2.75) is 38.2 Å². The fourth-order valence-corrected chi connectivity index (χ4v) is 2.77. The second-order valence-electron chi connectivity index (χ2n) is 4.47. The van der Waals surface area contributed by atoms with Gasteiger partial charge in [0, 0.05) is 4.47 Å². The maximum absolute atomic E-state index is 9.44. The monoisotopic (exact) mass is 268 g/mol. The molecule has 0 amide bonds. The normalized spacial score (nSPS) is 26.5. The van der Waals surface area contributed by atoms with Gasteiger partial charge in [-0.2, -0.15) is 0 Å². The fourth-order valence-electron chi connectivity index (χ4n) is 2.32. The van der Waals surface area contributed by atoms with Crippen molar-refractivity contribution in [3.8, 4) is 0 Å². The molecule has 1 aliphatic rings. The van der Waals surface area contributed by atoms with Crippen molar-refractivity contribution in [1.29, 1.82) is 0 Å². The summed E-state index contributed by atoms with van der Waals surface area (Å²) in [5, 5.41) is 9.44. The first-order valence-corrected chi connectivity index (χ1v) is 6.46. The molecule has 0 unspecified atom stereocenters. The molecule has 2 heteroatoms. The average molecular weight is 269 g/mol. The van der Waals surface area contributed by atoms with Crippen molar-refractivity contribution < 1.29 is 5.11 Å². The molecule has 0 aromatic heterocycles. The van der Waals surface area contributed by atoms with Crippen LogP contribution in [-0.2, 0) is 6.42 Å². The minimum absolute atomic E-state index is 0.0412. The van der Waals surface area contributed by atoms with E-state index in [1.807, 2.05) is 0 Å². The van der Waals surface area contributed by atoms with Crippen molar-refractivity contribution in [3.05, 3.63) is 34.3 Å². The van der Waals surface area contributed by atoms with E-state index in [-0.39, 0.29) is 6.10 Å². The van der Waals surface area contributed by atoms with Crippen LogP contribution in [0.15, 0.2) is 28.7 Å². The third-order valence-electron chi connectivity index (χ3n) is 3.28. The summed E-state index contributed by atoms with van der Waals surface area (Å²) in [6.45, 7) is 0. The molecule has 0 heterocycles. The Balaban J connectivity index is 1.95. The number of rotatable bonds is 2. The van der Waals surface area contributed by atoms with E-state index in [1.54, 1.807) is 0 Å². The molecule has 0 radical (unpaired) electrons. The van der Waals surface area contributed by atoms with Gasteiger partial charge in [-0.05, 0) is 49.7 Å². The van der Waals surface area contributed by atoms with Gasteiger partial charge in [0.25, 0.3) is 0 Å². The topological polar surface area (TPSA) is 20.2 Å². The lowest BCUT2D eigenvalue weighted by molar-refractivity contribution is 0.108. The van der Waals surface area contributed by atoms with Crippen LogP contribution in [0.4, 0.5) is 0 Å². The van der Waals surface area contributed by atoms with E-state index in [4.69, 9.17) is 0 Å².